The van der Waals surface area contributed by atoms with Crippen LogP contribution in [0.2, 0.25) is 0 Å². The van der Waals surface area contributed by atoms with Crippen molar-refractivity contribution in [2.45, 2.75) is 52.6 Å². The number of hydrogen-bond donors (Lipinski definition) is 1. The Morgan fingerprint density at radius 2 is 2.03 bits per heavy atom. The molecule has 7 heteroatoms. The van der Waals surface area contributed by atoms with E-state index in [1.165, 1.54) is 18.4 Å². The van der Waals surface area contributed by atoms with Gasteiger partial charge in [0.2, 0.25) is 0 Å². The number of H-pyrrole nitrogens is 1. The van der Waals surface area contributed by atoms with Crippen LogP contribution in [0.15, 0.2) is 29.1 Å². The van der Waals surface area contributed by atoms with Crippen molar-refractivity contribution >= 4 is 5.65 Å². The third kappa shape index (κ3) is 3.81. The molecule has 0 unspecified atom stereocenters. The zero-order chi connectivity index (χ0) is 21.3. The van der Waals surface area contributed by atoms with Crippen LogP contribution in [0, 0.1) is 13.8 Å². The largest absolute Gasteiger partial charge is 0.493 e. The van der Waals surface area contributed by atoms with E-state index >= 15 is 0 Å². The summed E-state index contributed by atoms with van der Waals surface area (Å²) in [6, 6.07) is 8.38. The topological polar surface area (TPSA) is 71.9 Å². The predicted octanol–water partition coefficient (Wildman–Crippen LogP) is 3.77. The second kappa shape index (κ2) is 8.52. The Kier molecular flexibility index (Phi) is 5.81. The average molecular weight is 411 g/mol. The molecule has 1 saturated heterocycles. The van der Waals surface area contributed by atoms with E-state index in [0.717, 1.165) is 42.4 Å². The maximum Gasteiger partial charge on any atom is 0.275 e. The highest BCUT2D eigenvalue weighted by Crippen LogP contribution is 2.34. The molecule has 0 aliphatic carbocycles. The number of methoxy groups -OCH3 is 1. The minimum absolute atomic E-state index is 0.0256. The van der Waals surface area contributed by atoms with E-state index in [0.29, 0.717) is 17.8 Å². The van der Waals surface area contributed by atoms with Gasteiger partial charge < -0.3 is 9.47 Å². The van der Waals surface area contributed by atoms with Crippen LogP contribution in [0.25, 0.3) is 5.65 Å². The first-order chi connectivity index (χ1) is 14.5. The van der Waals surface area contributed by atoms with Crippen LogP contribution in [0.1, 0.15) is 54.7 Å². The summed E-state index contributed by atoms with van der Waals surface area (Å²) in [6.45, 7) is 8.10. The third-order valence-corrected chi connectivity index (χ3v) is 5.99. The number of aromatic amines is 1. The van der Waals surface area contributed by atoms with E-state index in [1.807, 2.05) is 32.9 Å². The molecule has 1 aliphatic rings. The van der Waals surface area contributed by atoms with Crippen LogP contribution in [-0.4, -0.2) is 39.8 Å². The number of nitrogens with zero attached hydrogens (tertiary/aromatic N) is 3. The molecule has 30 heavy (non-hydrogen) atoms. The molecular formula is C23H30N4O3. The van der Waals surface area contributed by atoms with Crippen molar-refractivity contribution in [1.29, 1.82) is 0 Å². The standard InChI is InChI=1S/C23H30N4O3/c1-5-30-20-10-9-17(12-21(20)29-4)14-26-11-7-6-8-19(26)18-13-22-24-16(3)15(2)23(28)27(22)25-18/h9-10,12-13,19,25H,5-8,11,14H2,1-4H3/t19-/m0/s1. The van der Waals surface area contributed by atoms with Gasteiger partial charge in [0, 0.05) is 23.9 Å². The van der Waals surface area contributed by atoms with Crippen LogP contribution >= 0.6 is 0 Å². The quantitative estimate of drug-likeness (QED) is 0.670. The molecule has 0 saturated carbocycles. The van der Waals surface area contributed by atoms with E-state index in [2.05, 4.69) is 27.1 Å². The number of rotatable bonds is 6. The Morgan fingerprint density at radius 3 is 2.80 bits per heavy atom. The second-order valence-electron chi connectivity index (χ2n) is 7.93. The second-order valence-corrected chi connectivity index (χ2v) is 7.93. The van der Waals surface area contributed by atoms with Gasteiger partial charge in [0.05, 0.1) is 25.5 Å². The number of fused-ring (bicyclic) bond motifs is 1. The molecule has 0 radical (unpaired) electrons. The van der Waals surface area contributed by atoms with Crippen LogP contribution < -0.4 is 15.0 Å². The minimum Gasteiger partial charge on any atom is -0.493 e. The van der Waals surface area contributed by atoms with E-state index in [-0.39, 0.29) is 11.6 Å². The molecule has 1 atom stereocenters. The van der Waals surface area contributed by atoms with Crippen molar-refractivity contribution in [1.82, 2.24) is 19.5 Å². The monoisotopic (exact) mass is 410 g/mol. The highest BCUT2D eigenvalue weighted by Gasteiger charge is 2.26. The Labute approximate surface area is 176 Å². The lowest BCUT2D eigenvalue weighted by Crippen LogP contribution is -2.33. The molecule has 0 bridgehead atoms. The lowest BCUT2D eigenvalue weighted by Gasteiger charge is -2.35. The van der Waals surface area contributed by atoms with Crippen molar-refractivity contribution in [2.24, 2.45) is 0 Å². The summed E-state index contributed by atoms with van der Waals surface area (Å²) in [5, 5.41) is 3.32. The Balaban J connectivity index is 1.63. The molecule has 1 aromatic carbocycles. The number of piperidine rings is 1. The molecule has 1 N–H and O–H groups in total. The number of aromatic nitrogens is 3. The molecule has 1 aliphatic heterocycles. The summed E-state index contributed by atoms with van der Waals surface area (Å²) in [4.78, 5) is 19.7. The van der Waals surface area contributed by atoms with Crippen molar-refractivity contribution < 1.29 is 9.47 Å². The predicted molar refractivity (Wildman–Crippen MR) is 116 cm³/mol. The average Bonchev–Trinajstić information content (AvgIpc) is 3.17. The van der Waals surface area contributed by atoms with E-state index in [1.54, 1.807) is 11.6 Å². The normalized spacial score (nSPS) is 17.4. The molecule has 2 aromatic heterocycles. The SMILES string of the molecule is CCOc1ccc(CN2CCCC[C@H]2c2cc3nc(C)c(C)c(=O)n3[nH]2)cc1OC. The lowest BCUT2D eigenvalue weighted by atomic mass is 9.98. The summed E-state index contributed by atoms with van der Waals surface area (Å²) in [6.07, 6.45) is 3.39. The van der Waals surface area contributed by atoms with Crippen molar-refractivity contribution in [2.75, 3.05) is 20.3 Å². The Hall–Kier alpha value is -2.80. The van der Waals surface area contributed by atoms with E-state index < -0.39 is 0 Å². The number of nitrogens with one attached hydrogen (secondary N) is 1. The van der Waals surface area contributed by atoms with Crippen LogP contribution in [0.5, 0.6) is 11.5 Å². The maximum atomic E-state index is 12.6. The zero-order valence-electron chi connectivity index (χ0n) is 18.2. The fourth-order valence-corrected chi connectivity index (χ4v) is 4.26. The molecule has 1 fully saturated rings. The molecule has 7 nitrogen and oxygen atoms in total. The van der Waals surface area contributed by atoms with Crippen LogP contribution in [0.3, 0.4) is 0 Å². The summed E-state index contributed by atoms with van der Waals surface area (Å²) in [7, 11) is 1.67. The molecule has 0 amide bonds. The fourth-order valence-electron chi connectivity index (χ4n) is 4.26. The Bertz CT molecular complexity index is 1100. The van der Waals surface area contributed by atoms with Crippen molar-refractivity contribution in [3.05, 3.63) is 57.1 Å². The smallest absolute Gasteiger partial charge is 0.275 e. The van der Waals surface area contributed by atoms with Gasteiger partial charge in [-0.25, -0.2) is 9.50 Å². The van der Waals surface area contributed by atoms with Crippen LogP contribution in [-0.2, 0) is 6.54 Å². The summed E-state index contributed by atoms with van der Waals surface area (Å²) in [5.41, 5.74) is 4.35. The maximum absolute atomic E-state index is 12.6. The van der Waals surface area contributed by atoms with Gasteiger partial charge in [0.15, 0.2) is 17.1 Å². The summed E-state index contributed by atoms with van der Waals surface area (Å²) < 4.78 is 12.7. The molecular weight excluding hydrogens is 380 g/mol. The van der Waals surface area contributed by atoms with Crippen molar-refractivity contribution in [3.63, 3.8) is 0 Å². The van der Waals surface area contributed by atoms with Gasteiger partial charge in [0.1, 0.15) is 0 Å². The number of ether oxygens (including phenoxy) is 2. The highest BCUT2D eigenvalue weighted by molar-refractivity contribution is 5.44. The first-order valence-corrected chi connectivity index (χ1v) is 10.6. The highest BCUT2D eigenvalue weighted by atomic mass is 16.5. The fraction of sp³-hybridized carbons (Fsp3) is 0.478. The van der Waals surface area contributed by atoms with Gasteiger partial charge in [-0.1, -0.05) is 12.5 Å². The molecule has 4 rings (SSSR count). The zero-order valence-corrected chi connectivity index (χ0v) is 18.2. The minimum atomic E-state index is -0.0256. The Morgan fingerprint density at radius 1 is 1.20 bits per heavy atom. The number of benzene rings is 1. The van der Waals surface area contributed by atoms with Gasteiger partial charge in [-0.2, -0.15) is 0 Å². The van der Waals surface area contributed by atoms with Gasteiger partial charge in [-0.15, -0.1) is 0 Å². The van der Waals surface area contributed by atoms with E-state index in [4.69, 9.17) is 9.47 Å². The molecule has 3 aromatic rings. The van der Waals surface area contributed by atoms with E-state index in [9.17, 15) is 4.79 Å². The van der Waals surface area contributed by atoms with Gasteiger partial charge in [-0.05, 0) is 57.9 Å². The third-order valence-electron chi connectivity index (χ3n) is 5.99. The number of likely N-dealkylation sites (tertiary alicyclic amines) is 1. The first-order valence-electron chi connectivity index (χ1n) is 10.6. The molecule has 160 valence electrons. The van der Waals surface area contributed by atoms with Gasteiger partial charge >= 0.3 is 0 Å². The van der Waals surface area contributed by atoms with Gasteiger partial charge in [0.25, 0.3) is 5.56 Å². The van der Waals surface area contributed by atoms with Gasteiger partial charge in [-0.3, -0.25) is 14.8 Å². The number of aryl methyl sites for hydroxylation is 1. The molecule has 3 heterocycles. The summed E-state index contributed by atoms with van der Waals surface area (Å²) in [5.74, 6) is 1.53. The summed E-state index contributed by atoms with van der Waals surface area (Å²) >= 11 is 0. The first kappa shape index (κ1) is 20.5. The molecule has 0 spiro atoms. The lowest BCUT2D eigenvalue weighted by molar-refractivity contribution is 0.137. The van der Waals surface area contributed by atoms with Crippen LogP contribution in [0.4, 0.5) is 0 Å². The number of hydrogen-bond acceptors (Lipinski definition) is 5. The van der Waals surface area contributed by atoms with Crippen molar-refractivity contribution in [3.8, 4) is 11.5 Å².